The lowest BCUT2D eigenvalue weighted by Gasteiger charge is -2.32. The van der Waals surface area contributed by atoms with Crippen molar-refractivity contribution in [1.82, 2.24) is 9.62 Å². The van der Waals surface area contributed by atoms with Gasteiger partial charge >= 0.3 is 0 Å². The first-order valence-corrected chi connectivity index (χ1v) is 13.9. The van der Waals surface area contributed by atoms with Gasteiger partial charge in [-0.15, -0.1) is 0 Å². The minimum atomic E-state index is -4.20. The molecule has 194 valence electrons. The van der Waals surface area contributed by atoms with Gasteiger partial charge in [-0.3, -0.25) is 14.4 Å². The fourth-order valence-electron chi connectivity index (χ4n) is 4.69. The van der Waals surface area contributed by atoms with Crippen LogP contribution in [0.2, 0.25) is 0 Å². The quantitative estimate of drug-likeness (QED) is 0.483. The second-order valence-corrected chi connectivity index (χ2v) is 11.0. The van der Waals surface area contributed by atoms with Crippen molar-refractivity contribution < 1.29 is 22.8 Å². The van der Waals surface area contributed by atoms with Crippen molar-refractivity contribution in [3.05, 3.63) is 71.8 Å². The van der Waals surface area contributed by atoms with E-state index in [0.717, 1.165) is 12.0 Å². The lowest BCUT2D eigenvalue weighted by molar-refractivity contribution is -0.135. The number of amides is 3. The molecule has 1 atom stereocenters. The van der Waals surface area contributed by atoms with Gasteiger partial charge in [-0.25, -0.2) is 13.1 Å². The van der Waals surface area contributed by atoms with Gasteiger partial charge in [0.25, 0.3) is 15.9 Å². The summed E-state index contributed by atoms with van der Waals surface area (Å²) in [6.07, 6.45) is 2.29. The summed E-state index contributed by atoms with van der Waals surface area (Å²) in [4.78, 5) is 39.7. The summed E-state index contributed by atoms with van der Waals surface area (Å²) in [5.41, 5.74) is 1.81. The van der Waals surface area contributed by atoms with E-state index in [4.69, 9.17) is 0 Å². The van der Waals surface area contributed by atoms with Crippen LogP contribution in [0.4, 0.5) is 5.69 Å². The molecule has 1 fully saturated rings. The number of fused-ring (bicyclic) bond motifs is 1. The van der Waals surface area contributed by atoms with Gasteiger partial charge in [-0.2, -0.15) is 0 Å². The Labute approximate surface area is 217 Å². The summed E-state index contributed by atoms with van der Waals surface area (Å²) >= 11 is 0. The van der Waals surface area contributed by atoms with E-state index >= 15 is 0 Å². The first kappa shape index (κ1) is 26.3. The van der Waals surface area contributed by atoms with Crippen LogP contribution in [-0.4, -0.2) is 44.1 Å². The molecule has 0 radical (unpaired) electrons. The van der Waals surface area contributed by atoms with Crippen molar-refractivity contribution in [1.29, 1.82) is 0 Å². The van der Waals surface area contributed by atoms with Crippen LogP contribution in [0.25, 0.3) is 10.8 Å². The molecule has 3 amide bonds. The summed E-state index contributed by atoms with van der Waals surface area (Å²) in [5, 5.41) is 3.80. The largest absolute Gasteiger partial charge is 0.342 e. The standard InChI is InChI=1S/C28H31N3O5S/c1-3-9-26(32)31-17-8-11-20(18-31)27(33)30-37(35,36)25-16-15-24(22-13-6-7-14-23(22)25)29-28(34)21-12-5-4-10-19(21)2/h4-7,10,12-16,20H,3,8-9,11,17-18H2,1-2H3,(H,29,34)(H,30,33). The number of carbonyl (C=O) groups is 3. The molecule has 1 heterocycles. The number of hydrogen-bond acceptors (Lipinski definition) is 5. The van der Waals surface area contributed by atoms with Crippen molar-refractivity contribution in [3.8, 4) is 0 Å². The van der Waals surface area contributed by atoms with Crippen LogP contribution in [0.15, 0.2) is 65.6 Å². The lowest BCUT2D eigenvalue weighted by atomic mass is 9.97. The second kappa shape index (κ2) is 11.1. The highest BCUT2D eigenvalue weighted by Crippen LogP contribution is 2.30. The molecule has 3 aromatic carbocycles. The third-order valence-corrected chi connectivity index (χ3v) is 8.06. The van der Waals surface area contributed by atoms with Crippen LogP contribution in [0.3, 0.4) is 0 Å². The topological polar surface area (TPSA) is 113 Å². The lowest BCUT2D eigenvalue weighted by Crippen LogP contribution is -2.46. The highest BCUT2D eigenvalue weighted by Gasteiger charge is 2.31. The third kappa shape index (κ3) is 5.83. The van der Waals surface area contributed by atoms with E-state index in [1.807, 2.05) is 26.0 Å². The molecule has 2 N–H and O–H groups in total. The average molecular weight is 522 g/mol. The molecule has 0 aromatic heterocycles. The van der Waals surface area contributed by atoms with Gasteiger partial charge in [-0.05, 0) is 49.9 Å². The van der Waals surface area contributed by atoms with Crippen LogP contribution in [0.5, 0.6) is 0 Å². The highest BCUT2D eigenvalue weighted by atomic mass is 32.2. The zero-order chi connectivity index (χ0) is 26.6. The Morgan fingerprint density at radius 3 is 2.41 bits per heavy atom. The van der Waals surface area contributed by atoms with Gasteiger partial charge in [-0.1, -0.05) is 49.4 Å². The molecule has 9 heteroatoms. The Kier molecular flexibility index (Phi) is 7.92. The molecule has 4 rings (SSSR count). The molecule has 1 unspecified atom stereocenters. The van der Waals surface area contributed by atoms with E-state index < -0.39 is 21.8 Å². The molecule has 0 bridgehead atoms. The van der Waals surface area contributed by atoms with Crippen molar-refractivity contribution in [3.63, 3.8) is 0 Å². The summed E-state index contributed by atoms with van der Waals surface area (Å²) < 4.78 is 28.9. The molecule has 0 spiro atoms. The molecule has 3 aromatic rings. The van der Waals surface area contributed by atoms with Gasteiger partial charge in [0.2, 0.25) is 11.8 Å². The fraction of sp³-hybridized carbons (Fsp3) is 0.321. The average Bonchev–Trinajstić information content (AvgIpc) is 2.89. The van der Waals surface area contributed by atoms with E-state index in [1.54, 1.807) is 41.3 Å². The number of aryl methyl sites for hydroxylation is 1. The van der Waals surface area contributed by atoms with E-state index in [9.17, 15) is 22.8 Å². The SMILES string of the molecule is CCCC(=O)N1CCCC(C(=O)NS(=O)(=O)c2ccc(NC(=O)c3ccccc3C)c3ccccc23)C1. The molecule has 0 aliphatic carbocycles. The maximum atomic E-state index is 13.3. The maximum absolute atomic E-state index is 13.3. The van der Waals surface area contributed by atoms with Gasteiger partial charge < -0.3 is 10.2 Å². The zero-order valence-electron chi connectivity index (χ0n) is 21.0. The Hall–Kier alpha value is -3.72. The van der Waals surface area contributed by atoms with E-state index in [-0.39, 0.29) is 23.3 Å². The van der Waals surface area contributed by atoms with Crippen molar-refractivity contribution in [2.24, 2.45) is 5.92 Å². The Morgan fingerprint density at radius 2 is 1.68 bits per heavy atom. The molecule has 0 saturated carbocycles. The molecule has 1 saturated heterocycles. The number of rotatable bonds is 7. The van der Waals surface area contributed by atoms with E-state index in [0.29, 0.717) is 47.8 Å². The minimum absolute atomic E-state index is 0.0165. The van der Waals surface area contributed by atoms with Gasteiger partial charge in [0, 0.05) is 41.5 Å². The zero-order valence-corrected chi connectivity index (χ0v) is 21.8. The minimum Gasteiger partial charge on any atom is -0.342 e. The molecular weight excluding hydrogens is 490 g/mol. The third-order valence-electron chi connectivity index (χ3n) is 6.66. The first-order valence-electron chi connectivity index (χ1n) is 12.4. The van der Waals surface area contributed by atoms with Gasteiger partial charge in [0.05, 0.1) is 10.8 Å². The van der Waals surface area contributed by atoms with E-state index in [2.05, 4.69) is 10.0 Å². The number of anilines is 1. The highest BCUT2D eigenvalue weighted by molar-refractivity contribution is 7.90. The number of piperidine rings is 1. The second-order valence-electron chi connectivity index (χ2n) is 9.32. The predicted octanol–water partition coefficient (Wildman–Crippen LogP) is 4.24. The van der Waals surface area contributed by atoms with E-state index in [1.165, 1.54) is 12.1 Å². The maximum Gasteiger partial charge on any atom is 0.264 e. The first-order chi connectivity index (χ1) is 17.7. The fourth-order valence-corrected chi connectivity index (χ4v) is 5.95. The monoisotopic (exact) mass is 521 g/mol. The van der Waals surface area contributed by atoms with Gasteiger partial charge in [0.15, 0.2) is 0 Å². The number of carbonyl (C=O) groups excluding carboxylic acids is 3. The van der Waals surface area contributed by atoms with Crippen LogP contribution in [0, 0.1) is 12.8 Å². The number of hydrogen-bond donors (Lipinski definition) is 2. The Balaban J connectivity index is 1.57. The number of benzene rings is 3. The predicted molar refractivity (Wildman–Crippen MR) is 143 cm³/mol. The normalized spacial score (nSPS) is 15.8. The van der Waals surface area contributed by atoms with Crippen molar-refractivity contribution >= 4 is 44.2 Å². The summed E-state index contributed by atoms with van der Waals surface area (Å²) in [7, 11) is -4.20. The Bertz CT molecular complexity index is 1450. The number of likely N-dealkylation sites (tertiary alicyclic amines) is 1. The van der Waals surface area contributed by atoms with Crippen molar-refractivity contribution in [2.45, 2.75) is 44.4 Å². The smallest absolute Gasteiger partial charge is 0.264 e. The molecule has 8 nitrogen and oxygen atoms in total. The summed E-state index contributed by atoms with van der Waals surface area (Å²) in [6.45, 7) is 4.56. The number of sulfonamides is 1. The van der Waals surface area contributed by atoms with Crippen LogP contribution in [0.1, 0.15) is 48.5 Å². The van der Waals surface area contributed by atoms with Crippen LogP contribution >= 0.6 is 0 Å². The van der Waals surface area contributed by atoms with Gasteiger partial charge in [0.1, 0.15) is 0 Å². The molecule has 37 heavy (non-hydrogen) atoms. The van der Waals surface area contributed by atoms with Crippen LogP contribution < -0.4 is 10.0 Å². The van der Waals surface area contributed by atoms with Crippen molar-refractivity contribution in [2.75, 3.05) is 18.4 Å². The van der Waals surface area contributed by atoms with Crippen LogP contribution in [-0.2, 0) is 19.6 Å². The summed E-state index contributed by atoms with van der Waals surface area (Å²) in [5.74, 6) is -1.53. The Morgan fingerprint density at radius 1 is 0.973 bits per heavy atom. The number of nitrogens with zero attached hydrogens (tertiary/aromatic N) is 1. The number of nitrogens with one attached hydrogen (secondary N) is 2. The molecule has 1 aliphatic heterocycles. The molecule has 1 aliphatic rings. The summed E-state index contributed by atoms with van der Waals surface area (Å²) in [6, 6.07) is 16.9. The molecular formula is C28H31N3O5S.